The summed E-state index contributed by atoms with van der Waals surface area (Å²) in [5, 5.41) is 15.3. The van der Waals surface area contributed by atoms with E-state index in [0.29, 0.717) is 24.7 Å². The molecule has 122 valence electrons. The van der Waals surface area contributed by atoms with Crippen LogP contribution in [0.25, 0.3) is 0 Å². The van der Waals surface area contributed by atoms with Crippen molar-refractivity contribution >= 4 is 22.4 Å². The largest absolute Gasteiger partial charge is 0.497 e. The normalized spacial score (nSPS) is 17.7. The monoisotopic (exact) mass is 334 g/mol. The summed E-state index contributed by atoms with van der Waals surface area (Å²) in [6, 6.07) is 7.80. The Labute approximate surface area is 138 Å². The predicted molar refractivity (Wildman–Crippen MR) is 86.9 cm³/mol. The first-order valence-electron chi connectivity index (χ1n) is 7.33. The zero-order chi connectivity index (χ0) is 16.1. The highest BCUT2D eigenvalue weighted by Gasteiger charge is 2.22. The highest BCUT2D eigenvalue weighted by atomic mass is 32.1. The van der Waals surface area contributed by atoms with Crippen molar-refractivity contribution < 1.29 is 14.3 Å². The van der Waals surface area contributed by atoms with E-state index in [-0.39, 0.29) is 5.91 Å². The van der Waals surface area contributed by atoms with Crippen LogP contribution in [-0.2, 0) is 16.0 Å². The van der Waals surface area contributed by atoms with Gasteiger partial charge < -0.3 is 14.8 Å². The zero-order valence-electron chi connectivity index (χ0n) is 12.7. The molecule has 23 heavy (non-hydrogen) atoms. The van der Waals surface area contributed by atoms with Gasteiger partial charge >= 0.3 is 0 Å². The zero-order valence-corrected chi connectivity index (χ0v) is 13.6. The molecule has 1 aromatic carbocycles. The van der Waals surface area contributed by atoms with Gasteiger partial charge in [-0.3, -0.25) is 10.1 Å². The van der Waals surface area contributed by atoms with E-state index in [1.54, 1.807) is 7.11 Å². The lowest BCUT2D eigenvalue weighted by atomic mass is 10.1. The molecule has 1 fully saturated rings. The van der Waals surface area contributed by atoms with Crippen LogP contribution in [0.15, 0.2) is 24.3 Å². The molecule has 1 atom stereocenters. The molecule has 1 amide bonds. The Bertz CT molecular complexity index is 670. The highest BCUT2D eigenvalue weighted by Crippen LogP contribution is 2.21. The fourth-order valence-corrected chi connectivity index (χ4v) is 3.03. The standard InChI is InChI=1S/C15H18N4O3S/c1-21-11-4-2-3-10(7-11)8-13-18-19-15(23-13)17-14(20)12-9-16-5-6-22-12/h2-4,7,12,16H,5-6,8-9H2,1H3,(H,17,19,20)/t12-/m1/s1. The second kappa shape index (κ2) is 7.49. The molecule has 0 unspecified atom stereocenters. The minimum atomic E-state index is -0.477. The molecule has 7 nitrogen and oxygen atoms in total. The van der Waals surface area contributed by atoms with Gasteiger partial charge in [0, 0.05) is 19.5 Å². The summed E-state index contributed by atoms with van der Waals surface area (Å²) in [6.07, 6.45) is 0.168. The van der Waals surface area contributed by atoms with Gasteiger partial charge in [-0.15, -0.1) is 10.2 Å². The van der Waals surface area contributed by atoms with Gasteiger partial charge in [-0.2, -0.15) is 0 Å². The molecule has 2 N–H and O–H groups in total. The first-order valence-corrected chi connectivity index (χ1v) is 8.15. The Morgan fingerprint density at radius 2 is 2.43 bits per heavy atom. The van der Waals surface area contributed by atoms with Crippen molar-refractivity contribution in [1.29, 1.82) is 0 Å². The molecular formula is C15H18N4O3S. The lowest BCUT2D eigenvalue weighted by Crippen LogP contribution is -2.45. The van der Waals surface area contributed by atoms with Crippen molar-refractivity contribution in [3.05, 3.63) is 34.8 Å². The lowest BCUT2D eigenvalue weighted by molar-refractivity contribution is -0.128. The van der Waals surface area contributed by atoms with Crippen LogP contribution in [0.4, 0.5) is 5.13 Å². The van der Waals surface area contributed by atoms with Gasteiger partial charge in [-0.05, 0) is 17.7 Å². The van der Waals surface area contributed by atoms with Gasteiger partial charge in [0.05, 0.1) is 13.7 Å². The number of carbonyl (C=O) groups is 1. The SMILES string of the molecule is COc1cccc(Cc2nnc(NC(=O)[C@H]3CNCCO3)s2)c1. The molecule has 1 aliphatic heterocycles. The molecule has 2 heterocycles. The van der Waals surface area contributed by atoms with Crippen molar-refractivity contribution in [2.24, 2.45) is 0 Å². The molecule has 1 aliphatic rings. The van der Waals surface area contributed by atoms with E-state index in [1.165, 1.54) is 11.3 Å². The number of hydrogen-bond donors (Lipinski definition) is 2. The third kappa shape index (κ3) is 4.25. The topological polar surface area (TPSA) is 85.4 Å². The van der Waals surface area contributed by atoms with Gasteiger partial charge in [-0.25, -0.2) is 0 Å². The number of ether oxygens (including phenoxy) is 2. The second-order valence-electron chi connectivity index (χ2n) is 5.08. The Hall–Kier alpha value is -2.03. The molecule has 1 saturated heterocycles. The van der Waals surface area contributed by atoms with E-state index >= 15 is 0 Å². The molecule has 0 aliphatic carbocycles. The van der Waals surface area contributed by atoms with Crippen molar-refractivity contribution in [3.8, 4) is 5.75 Å². The molecule has 0 bridgehead atoms. The number of aromatic nitrogens is 2. The summed E-state index contributed by atoms with van der Waals surface area (Å²) in [7, 11) is 1.64. The number of nitrogens with one attached hydrogen (secondary N) is 2. The Morgan fingerprint density at radius 1 is 1.52 bits per heavy atom. The number of nitrogens with zero attached hydrogens (tertiary/aromatic N) is 2. The van der Waals surface area contributed by atoms with Crippen molar-refractivity contribution in [2.75, 3.05) is 32.1 Å². The smallest absolute Gasteiger partial charge is 0.256 e. The Balaban J connectivity index is 1.60. The summed E-state index contributed by atoms with van der Waals surface area (Å²) in [4.78, 5) is 12.1. The van der Waals surface area contributed by atoms with Gasteiger partial charge in [-0.1, -0.05) is 23.5 Å². The summed E-state index contributed by atoms with van der Waals surface area (Å²) in [5.41, 5.74) is 1.08. The number of hydrogen-bond acceptors (Lipinski definition) is 7. The number of carbonyl (C=O) groups excluding carboxylic acids is 1. The summed E-state index contributed by atoms with van der Waals surface area (Å²) < 4.78 is 10.6. The third-order valence-corrected chi connectivity index (χ3v) is 4.25. The van der Waals surface area contributed by atoms with Crippen LogP contribution in [0.1, 0.15) is 10.6 Å². The fraction of sp³-hybridized carbons (Fsp3) is 0.400. The number of methoxy groups -OCH3 is 1. The minimum Gasteiger partial charge on any atom is -0.497 e. The maximum Gasteiger partial charge on any atom is 0.256 e. The molecule has 0 spiro atoms. The van der Waals surface area contributed by atoms with E-state index in [1.807, 2.05) is 24.3 Å². The molecule has 3 rings (SSSR count). The summed E-state index contributed by atoms with van der Waals surface area (Å²) >= 11 is 1.36. The van der Waals surface area contributed by atoms with E-state index in [2.05, 4.69) is 20.8 Å². The average Bonchev–Trinajstić information content (AvgIpc) is 3.02. The van der Waals surface area contributed by atoms with Crippen LogP contribution in [0, 0.1) is 0 Å². The third-order valence-electron chi connectivity index (χ3n) is 3.41. The number of anilines is 1. The maximum atomic E-state index is 12.1. The van der Waals surface area contributed by atoms with E-state index < -0.39 is 6.10 Å². The molecule has 1 aromatic heterocycles. The minimum absolute atomic E-state index is 0.193. The second-order valence-corrected chi connectivity index (χ2v) is 6.14. The summed E-state index contributed by atoms with van der Waals surface area (Å²) in [5.74, 6) is 0.615. The first kappa shape index (κ1) is 15.9. The Kier molecular flexibility index (Phi) is 5.16. The van der Waals surface area contributed by atoms with Gasteiger partial charge in [0.25, 0.3) is 5.91 Å². The molecule has 8 heteroatoms. The van der Waals surface area contributed by atoms with Crippen LogP contribution >= 0.6 is 11.3 Å². The van der Waals surface area contributed by atoms with Crippen molar-refractivity contribution in [3.63, 3.8) is 0 Å². The van der Waals surface area contributed by atoms with E-state index in [4.69, 9.17) is 9.47 Å². The van der Waals surface area contributed by atoms with Crippen molar-refractivity contribution in [1.82, 2.24) is 15.5 Å². The van der Waals surface area contributed by atoms with Gasteiger partial charge in [0.2, 0.25) is 5.13 Å². The number of benzene rings is 1. The van der Waals surface area contributed by atoms with Crippen molar-refractivity contribution in [2.45, 2.75) is 12.5 Å². The summed E-state index contributed by atoms with van der Waals surface area (Å²) in [6.45, 7) is 1.82. The number of rotatable bonds is 5. The molecule has 0 saturated carbocycles. The van der Waals surface area contributed by atoms with Gasteiger partial charge in [0.15, 0.2) is 0 Å². The number of morpholine rings is 1. The molecule has 2 aromatic rings. The predicted octanol–water partition coefficient (Wildman–Crippen LogP) is 1.06. The molecular weight excluding hydrogens is 316 g/mol. The highest BCUT2D eigenvalue weighted by molar-refractivity contribution is 7.15. The van der Waals surface area contributed by atoms with E-state index in [9.17, 15) is 4.79 Å². The van der Waals surface area contributed by atoms with Crippen LogP contribution in [0.3, 0.4) is 0 Å². The lowest BCUT2D eigenvalue weighted by Gasteiger charge is -2.21. The van der Waals surface area contributed by atoms with Crippen LogP contribution in [0.2, 0.25) is 0 Å². The average molecular weight is 334 g/mol. The Morgan fingerprint density at radius 3 is 3.22 bits per heavy atom. The quantitative estimate of drug-likeness (QED) is 0.851. The van der Waals surface area contributed by atoms with Crippen LogP contribution < -0.4 is 15.4 Å². The van der Waals surface area contributed by atoms with E-state index in [0.717, 1.165) is 22.9 Å². The first-order chi connectivity index (χ1) is 11.2. The van der Waals surface area contributed by atoms with Gasteiger partial charge in [0.1, 0.15) is 16.9 Å². The number of amides is 1. The van der Waals surface area contributed by atoms with Crippen LogP contribution in [-0.4, -0.2) is 49.0 Å². The molecule has 0 radical (unpaired) electrons. The fourth-order valence-electron chi connectivity index (χ4n) is 2.25. The van der Waals surface area contributed by atoms with Crippen LogP contribution in [0.5, 0.6) is 5.75 Å². The maximum absolute atomic E-state index is 12.1.